The molecule has 2 heterocycles. The maximum absolute atomic E-state index is 12.1. The fourth-order valence-electron chi connectivity index (χ4n) is 1.80. The fraction of sp³-hybridized carbons (Fsp3) is 0.600. The molecule has 1 saturated heterocycles. The fourth-order valence-corrected chi connectivity index (χ4v) is 4.87. The van der Waals surface area contributed by atoms with Crippen LogP contribution in [0.4, 0.5) is 5.82 Å². The van der Waals surface area contributed by atoms with E-state index in [1.54, 1.807) is 35.7 Å². The molecule has 0 N–H and O–H groups in total. The minimum atomic E-state index is -3.12. The number of anilines is 1. The molecule has 100 valence electrons. The molecule has 2 rings (SSSR count). The van der Waals surface area contributed by atoms with Crippen LogP contribution in [0.25, 0.3) is 0 Å². The van der Waals surface area contributed by atoms with E-state index < -0.39 is 15.2 Å². The zero-order chi connectivity index (χ0) is 13.2. The van der Waals surface area contributed by atoms with E-state index in [0.29, 0.717) is 23.3 Å². The van der Waals surface area contributed by atoms with E-state index in [0.717, 1.165) is 5.75 Å². The van der Waals surface area contributed by atoms with Crippen LogP contribution >= 0.6 is 23.4 Å². The summed E-state index contributed by atoms with van der Waals surface area (Å²) in [7, 11) is -3.12. The monoisotopic (exact) mass is 307 g/mol. The summed E-state index contributed by atoms with van der Waals surface area (Å²) in [6.45, 7) is 2.32. The number of thioether (sulfide) groups is 1. The van der Waals surface area contributed by atoms with Crippen LogP contribution in [0.3, 0.4) is 0 Å². The number of hydrogen-bond acceptors (Lipinski definition) is 6. The Morgan fingerprint density at radius 2 is 2.28 bits per heavy atom. The van der Waals surface area contributed by atoms with Gasteiger partial charge in [-0.05, 0) is 12.1 Å². The highest BCUT2D eigenvalue weighted by molar-refractivity contribution is 8.01. The van der Waals surface area contributed by atoms with Crippen LogP contribution in [0, 0.1) is 0 Å². The van der Waals surface area contributed by atoms with Gasteiger partial charge in [0.25, 0.3) is 0 Å². The smallest absolute Gasteiger partial charge is 0.171 e. The topological polar surface area (TPSA) is 63.2 Å². The number of aromatic nitrogens is 2. The number of hydrogen-bond donors (Lipinski definition) is 0. The molecule has 0 amide bonds. The van der Waals surface area contributed by atoms with E-state index in [1.807, 2.05) is 0 Å². The van der Waals surface area contributed by atoms with Crippen LogP contribution in [-0.2, 0) is 9.84 Å². The van der Waals surface area contributed by atoms with Crippen molar-refractivity contribution in [3.05, 3.63) is 17.3 Å². The van der Waals surface area contributed by atoms with Crippen LogP contribution in [0.2, 0.25) is 5.15 Å². The molecule has 18 heavy (non-hydrogen) atoms. The Hall–Kier alpha value is -0.530. The van der Waals surface area contributed by atoms with Crippen LogP contribution in [0.1, 0.15) is 6.92 Å². The van der Waals surface area contributed by atoms with Crippen molar-refractivity contribution in [2.45, 2.75) is 12.3 Å². The zero-order valence-electron chi connectivity index (χ0n) is 9.91. The molecule has 0 radical (unpaired) electrons. The minimum Gasteiger partial charge on any atom is -0.337 e. The van der Waals surface area contributed by atoms with Gasteiger partial charge in [0.15, 0.2) is 20.8 Å². The summed E-state index contributed by atoms with van der Waals surface area (Å²) in [5.74, 6) is 2.16. The highest BCUT2D eigenvalue weighted by Crippen LogP contribution is 2.26. The third-order valence-electron chi connectivity index (χ3n) is 2.81. The largest absolute Gasteiger partial charge is 0.337 e. The first-order chi connectivity index (χ1) is 8.54. The molecular formula is C10H14ClN3O2S2. The second-order valence-electron chi connectivity index (χ2n) is 3.89. The first-order valence-electron chi connectivity index (χ1n) is 5.60. The van der Waals surface area contributed by atoms with Crippen molar-refractivity contribution in [3.63, 3.8) is 0 Å². The normalized spacial score (nSPS) is 21.0. The Morgan fingerprint density at radius 1 is 1.50 bits per heavy atom. The number of halogens is 1. The molecule has 0 saturated carbocycles. The van der Waals surface area contributed by atoms with Crippen LogP contribution in [0.15, 0.2) is 12.1 Å². The average Bonchev–Trinajstić information content (AvgIpc) is 2.40. The van der Waals surface area contributed by atoms with E-state index in [1.165, 1.54) is 0 Å². The van der Waals surface area contributed by atoms with Crippen molar-refractivity contribution in [2.75, 3.05) is 28.7 Å². The second-order valence-corrected chi connectivity index (χ2v) is 7.87. The van der Waals surface area contributed by atoms with E-state index in [4.69, 9.17) is 11.6 Å². The van der Waals surface area contributed by atoms with Crippen LogP contribution in [0.5, 0.6) is 0 Å². The summed E-state index contributed by atoms with van der Waals surface area (Å²) in [5.41, 5.74) is 0. The second kappa shape index (κ2) is 5.63. The van der Waals surface area contributed by atoms with E-state index >= 15 is 0 Å². The molecule has 5 nitrogen and oxygen atoms in total. The quantitative estimate of drug-likeness (QED) is 0.842. The summed E-state index contributed by atoms with van der Waals surface area (Å²) in [4.78, 5) is 1.80. The molecule has 1 unspecified atom stereocenters. The minimum absolute atomic E-state index is 0.135. The predicted octanol–water partition coefficient (Wildman–Crippen LogP) is 1.44. The summed E-state index contributed by atoms with van der Waals surface area (Å²) in [6, 6.07) is 3.34. The molecule has 0 aromatic carbocycles. The van der Waals surface area contributed by atoms with Crippen molar-refractivity contribution in [3.8, 4) is 0 Å². The van der Waals surface area contributed by atoms with E-state index in [2.05, 4.69) is 10.2 Å². The van der Waals surface area contributed by atoms with Gasteiger partial charge in [0.05, 0.1) is 0 Å². The standard InChI is InChI=1S/C10H14ClN3O2S2/c1-2-18(15,16)10-7-17-6-5-14(10)9-4-3-8(11)12-13-9/h3-4,10H,2,5-7H2,1H3. The number of nitrogens with zero attached hydrogens (tertiary/aromatic N) is 3. The molecule has 1 atom stereocenters. The number of sulfone groups is 1. The van der Waals surface area contributed by atoms with Gasteiger partial charge in [0.2, 0.25) is 0 Å². The zero-order valence-corrected chi connectivity index (χ0v) is 12.3. The molecule has 1 aromatic heterocycles. The molecular weight excluding hydrogens is 294 g/mol. The molecule has 1 aliphatic heterocycles. The third kappa shape index (κ3) is 2.89. The Morgan fingerprint density at radius 3 is 2.89 bits per heavy atom. The van der Waals surface area contributed by atoms with Crippen molar-refractivity contribution in [2.24, 2.45) is 0 Å². The maximum Gasteiger partial charge on any atom is 0.171 e. The SMILES string of the molecule is CCS(=O)(=O)C1CSCCN1c1ccc(Cl)nn1. The van der Waals surface area contributed by atoms with Crippen molar-refractivity contribution in [1.82, 2.24) is 10.2 Å². The van der Waals surface area contributed by atoms with Gasteiger partial charge >= 0.3 is 0 Å². The summed E-state index contributed by atoms with van der Waals surface area (Å²) < 4.78 is 24.2. The van der Waals surface area contributed by atoms with Gasteiger partial charge in [-0.3, -0.25) is 0 Å². The highest BCUT2D eigenvalue weighted by Gasteiger charge is 2.33. The number of rotatable bonds is 3. The summed E-state index contributed by atoms with van der Waals surface area (Å²) >= 11 is 7.34. The Kier molecular flexibility index (Phi) is 4.34. The third-order valence-corrected chi connectivity index (χ3v) is 6.30. The first kappa shape index (κ1) is 13.9. The average molecular weight is 308 g/mol. The van der Waals surface area contributed by atoms with Gasteiger partial charge < -0.3 is 4.90 Å². The lowest BCUT2D eigenvalue weighted by Gasteiger charge is -2.35. The molecule has 1 aromatic rings. The Labute approximate surface area is 116 Å². The summed E-state index contributed by atoms with van der Waals surface area (Å²) in [5, 5.41) is 7.53. The lowest BCUT2D eigenvalue weighted by Crippen LogP contribution is -2.48. The van der Waals surface area contributed by atoms with Gasteiger partial charge in [0, 0.05) is 23.8 Å². The van der Waals surface area contributed by atoms with Gasteiger partial charge in [-0.2, -0.15) is 11.8 Å². The summed E-state index contributed by atoms with van der Waals surface area (Å²) in [6.07, 6.45) is 0. The Balaban J connectivity index is 2.31. The van der Waals surface area contributed by atoms with Crippen molar-refractivity contribution in [1.29, 1.82) is 0 Å². The predicted molar refractivity (Wildman–Crippen MR) is 75.0 cm³/mol. The Bertz CT molecular complexity index is 506. The lowest BCUT2D eigenvalue weighted by molar-refractivity contribution is 0.578. The molecule has 1 aliphatic rings. The van der Waals surface area contributed by atoms with Crippen molar-refractivity contribution < 1.29 is 8.42 Å². The van der Waals surface area contributed by atoms with Crippen LogP contribution < -0.4 is 4.90 Å². The molecule has 8 heteroatoms. The first-order valence-corrected chi connectivity index (χ1v) is 8.84. The van der Waals surface area contributed by atoms with Crippen LogP contribution in [-0.4, -0.2) is 47.8 Å². The lowest BCUT2D eigenvalue weighted by atomic mass is 10.4. The molecule has 0 aliphatic carbocycles. The van der Waals surface area contributed by atoms with Gasteiger partial charge in [-0.25, -0.2) is 8.42 Å². The molecule has 0 spiro atoms. The van der Waals surface area contributed by atoms with Gasteiger partial charge in [-0.1, -0.05) is 18.5 Å². The van der Waals surface area contributed by atoms with Gasteiger partial charge in [0.1, 0.15) is 5.37 Å². The van der Waals surface area contributed by atoms with Crippen molar-refractivity contribution >= 4 is 39.0 Å². The molecule has 1 fully saturated rings. The maximum atomic E-state index is 12.1. The van der Waals surface area contributed by atoms with E-state index in [9.17, 15) is 8.42 Å². The van der Waals surface area contributed by atoms with E-state index in [-0.39, 0.29) is 5.75 Å². The highest BCUT2D eigenvalue weighted by atomic mass is 35.5. The van der Waals surface area contributed by atoms with Gasteiger partial charge in [-0.15, -0.1) is 10.2 Å². The molecule has 0 bridgehead atoms.